The van der Waals surface area contributed by atoms with Gasteiger partial charge in [0.1, 0.15) is 0 Å². The van der Waals surface area contributed by atoms with Crippen molar-refractivity contribution < 1.29 is 9.53 Å². The summed E-state index contributed by atoms with van der Waals surface area (Å²) in [7, 11) is 2.08. The Morgan fingerprint density at radius 2 is 2.29 bits per heavy atom. The van der Waals surface area contributed by atoms with Gasteiger partial charge in [-0.15, -0.1) is 0 Å². The molecular weight excluding hydrogens is 218 g/mol. The van der Waals surface area contributed by atoms with Crippen LogP contribution in [0.3, 0.4) is 0 Å². The molecule has 2 atom stereocenters. The molecule has 5 heteroatoms. The average Bonchev–Trinajstić information content (AvgIpc) is 2.76. The summed E-state index contributed by atoms with van der Waals surface area (Å²) in [5, 5.41) is 3.19. The first-order valence-corrected chi connectivity index (χ1v) is 6.34. The quantitative estimate of drug-likeness (QED) is 0.658. The zero-order chi connectivity index (χ0) is 12.8. The molecule has 5 nitrogen and oxygen atoms in total. The number of carbonyl (C=O) groups excluding carboxylic acids is 1. The largest absolute Gasteiger partial charge is 0.380 e. The number of ether oxygens (including phenoxy) is 1. The Labute approximate surface area is 104 Å². The molecule has 0 bridgehead atoms. The molecule has 3 N–H and O–H groups in total. The molecule has 1 rings (SSSR count). The fourth-order valence-electron chi connectivity index (χ4n) is 2.10. The van der Waals surface area contributed by atoms with E-state index >= 15 is 0 Å². The SMILES string of the molecule is CC(C)NC(CCN(C)C1CCOC1)C(N)=O. The van der Waals surface area contributed by atoms with Crippen LogP contribution < -0.4 is 11.1 Å². The minimum absolute atomic E-state index is 0.236. The van der Waals surface area contributed by atoms with Crippen molar-refractivity contribution in [2.75, 3.05) is 26.8 Å². The topological polar surface area (TPSA) is 67.6 Å². The highest BCUT2D eigenvalue weighted by Crippen LogP contribution is 2.11. The Hall–Kier alpha value is -0.650. The fraction of sp³-hybridized carbons (Fsp3) is 0.917. The van der Waals surface area contributed by atoms with Crippen LogP contribution in [0.2, 0.25) is 0 Å². The lowest BCUT2D eigenvalue weighted by molar-refractivity contribution is -0.120. The van der Waals surface area contributed by atoms with Gasteiger partial charge in [-0.2, -0.15) is 0 Å². The molecule has 0 aromatic heterocycles. The van der Waals surface area contributed by atoms with Crippen molar-refractivity contribution in [2.45, 2.75) is 44.8 Å². The number of nitrogens with one attached hydrogen (secondary N) is 1. The number of hydrogen-bond acceptors (Lipinski definition) is 4. The summed E-state index contributed by atoms with van der Waals surface area (Å²) in [6, 6.07) is 0.523. The number of amides is 1. The lowest BCUT2D eigenvalue weighted by atomic mass is 10.1. The van der Waals surface area contributed by atoms with E-state index in [1.54, 1.807) is 0 Å². The number of rotatable bonds is 7. The summed E-state index contributed by atoms with van der Waals surface area (Å²) < 4.78 is 5.35. The third-order valence-corrected chi connectivity index (χ3v) is 3.18. The Morgan fingerprint density at radius 3 is 2.76 bits per heavy atom. The van der Waals surface area contributed by atoms with Crippen molar-refractivity contribution >= 4 is 5.91 Å². The first-order valence-electron chi connectivity index (χ1n) is 6.34. The Morgan fingerprint density at radius 1 is 1.59 bits per heavy atom. The van der Waals surface area contributed by atoms with Crippen LogP contribution in [0.4, 0.5) is 0 Å². The van der Waals surface area contributed by atoms with Gasteiger partial charge in [0.2, 0.25) is 5.91 Å². The highest BCUT2D eigenvalue weighted by Gasteiger charge is 2.22. The van der Waals surface area contributed by atoms with E-state index in [2.05, 4.69) is 17.3 Å². The summed E-state index contributed by atoms with van der Waals surface area (Å²) in [5.74, 6) is -0.269. The van der Waals surface area contributed by atoms with Gasteiger partial charge in [0, 0.05) is 25.2 Å². The predicted octanol–water partition coefficient (Wildman–Crippen LogP) is -0.0509. The summed E-state index contributed by atoms with van der Waals surface area (Å²) in [4.78, 5) is 13.5. The van der Waals surface area contributed by atoms with Crippen LogP contribution in [0.15, 0.2) is 0 Å². The van der Waals surface area contributed by atoms with Crippen LogP contribution in [-0.2, 0) is 9.53 Å². The Balaban J connectivity index is 2.32. The van der Waals surface area contributed by atoms with Crippen LogP contribution in [0.25, 0.3) is 0 Å². The first-order chi connectivity index (χ1) is 8.00. The van der Waals surface area contributed by atoms with Crippen molar-refractivity contribution in [1.29, 1.82) is 0 Å². The third-order valence-electron chi connectivity index (χ3n) is 3.18. The molecule has 100 valence electrons. The summed E-state index contributed by atoms with van der Waals surface area (Å²) >= 11 is 0. The minimum Gasteiger partial charge on any atom is -0.380 e. The van der Waals surface area contributed by atoms with Crippen LogP contribution in [0.1, 0.15) is 26.7 Å². The number of nitrogens with two attached hydrogens (primary N) is 1. The zero-order valence-electron chi connectivity index (χ0n) is 11.1. The van der Waals surface area contributed by atoms with Gasteiger partial charge in [0.25, 0.3) is 0 Å². The molecule has 0 radical (unpaired) electrons. The summed E-state index contributed by atoms with van der Waals surface area (Å²) in [6.07, 6.45) is 1.83. The van der Waals surface area contributed by atoms with E-state index in [9.17, 15) is 4.79 Å². The van der Waals surface area contributed by atoms with Gasteiger partial charge in [0.05, 0.1) is 12.6 Å². The van der Waals surface area contributed by atoms with Crippen LogP contribution in [-0.4, -0.2) is 55.7 Å². The van der Waals surface area contributed by atoms with Crippen molar-refractivity contribution in [3.63, 3.8) is 0 Å². The van der Waals surface area contributed by atoms with E-state index < -0.39 is 0 Å². The zero-order valence-corrected chi connectivity index (χ0v) is 11.1. The van der Waals surface area contributed by atoms with Crippen molar-refractivity contribution in [3.8, 4) is 0 Å². The van der Waals surface area contributed by atoms with Gasteiger partial charge in [-0.25, -0.2) is 0 Å². The number of likely N-dealkylation sites (N-methyl/N-ethyl adjacent to an activating group) is 1. The molecular formula is C12H25N3O2. The van der Waals surface area contributed by atoms with Gasteiger partial charge in [0.15, 0.2) is 0 Å². The second-order valence-electron chi connectivity index (χ2n) is 5.06. The molecule has 1 aliphatic heterocycles. The van der Waals surface area contributed by atoms with Crippen molar-refractivity contribution in [1.82, 2.24) is 10.2 Å². The van der Waals surface area contributed by atoms with Crippen LogP contribution in [0.5, 0.6) is 0 Å². The highest BCUT2D eigenvalue weighted by atomic mass is 16.5. The molecule has 1 aliphatic rings. The Bertz CT molecular complexity index is 240. The van der Waals surface area contributed by atoms with E-state index in [4.69, 9.17) is 10.5 Å². The smallest absolute Gasteiger partial charge is 0.234 e. The third kappa shape index (κ3) is 5.02. The van der Waals surface area contributed by atoms with Gasteiger partial charge in [-0.05, 0) is 19.9 Å². The van der Waals surface area contributed by atoms with E-state index in [0.29, 0.717) is 6.04 Å². The molecule has 1 amide bonds. The minimum atomic E-state index is -0.269. The van der Waals surface area contributed by atoms with E-state index in [-0.39, 0.29) is 18.0 Å². The lowest BCUT2D eigenvalue weighted by Gasteiger charge is -2.25. The monoisotopic (exact) mass is 243 g/mol. The van der Waals surface area contributed by atoms with Gasteiger partial charge in [-0.3, -0.25) is 4.79 Å². The number of nitrogens with zero attached hydrogens (tertiary/aromatic N) is 1. The maximum atomic E-state index is 11.3. The second-order valence-corrected chi connectivity index (χ2v) is 5.06. The van der Waals surface area contributed by atoms with Crippen molar-refractivity contribution in [3.05, 3.63) is 0 Å². The highest BCUT2D eigenvalue weighted by molar-refractivity contribution is 5.79. The summed E-state index contributed by atoms with van der Waals surface area (Å²) in [6.45, 7) is 6.55. The molecule has 1 fully saturated rings. The van der Waals surface area contributed by atoms with Gasteiger partial charge >= 0.3 is 0 Å². The molecule has 1 heterocycles. The van der Waals surface area contributed by atoms with Crippen LogP contribution >= 0.6 is 0 Å². The molecule has 1 saturated heterocycles. The standard InChI is InChI=1S/C12H25N3O2/c1-9(2)14-11(12(13)16)4-6-15(3)10-5-7-17-8-10/h9-11,14H,4-8H2,1-3H3,(H2,13,16). The molecule has 0 spiro atoms. The van der Waals surface area contributed by atoms with E-state index in [1.165, 1.54) is 0 Å². The molecule has 0 aromatic carbocycles. The number of carbonyl (C=O) groups is 1. The molecule has 17 heavy (non-hydrogen) atoms. The normalized spacial score (nSPS) is 22.3. The molecule has 2 unspecified atom stereocenters. The molecule has 0 saturated carbocycles. The van der Waals surface area contributed by atoms with Crippen LogP contribution in [0, 0.1) is 0 Å². The maximum absolute atomic E-state index is 11.3. The lowest BCUT2D eigenvalue weighted by Crippen LogP contribution is -2.47. The van der Waals surface area contributed by atoms with Gasteiger partial charge in [-0.1, -0.05) is 13.8 Å². The van der Waals surface area contributed by atoms with E-state index in [0.717, 1.165) is 32.6 Å². The second kappa shape index (κ2) is 6.93. The first kappa shape index (κ1) is 14.4. The number of hydrogen-bond donors (Lipinski definition) is 2. The molecule has 0 aliphatic carbocycles. The molecule has 0 aromatic rings. The fourth-order valence-corrected chi connectivity index (χ4v) is 2.10. The summed E-state index contributed by atoms with van der Waals surface area (Å²) in [5.41, 5.74) is 5.38. The Kier molecular flexibility index (Phi) is 5.88. The van der Waals surface area contributed by atoms with Gasteiger partial charge < -0.3 is 20.7 Å². The average molecular weight is 243 g/mol. The predicted molar refractivity (Wildman–Crippen MR) is 67.7 cm³/mol. The van der Waals surface area contributed by atoms with Crippen molar-refractivity contribution in [2.24, 2.45) is 5.73 Å². The maximum Gasteiger partial charge on any atom is 0.234 e. The number of primary amides is 1. The van der Waals surface area contributed by atoms with E-state index in [1.807, 2.05) is 13.8 Å².